The number of rotatable bonds is 5. The van der Waals surface area contributed by atoms with Crippen molar-refractivity contribution < 1.29 is 23.0 Å². The number of carbonyl (C=O) groups is 1. The van der Waals surface area contributed by atoms with E-state index >= 15 is 0 Å². The molecule has 5 nitrogen and oxygen atoms in total. The molecule has 24 heavy (non-hydrogen) atoms. The molecule has 2 aliphatic rings. The summed E-state index contributed by atoms with van der Waals surface area (Å²) < 4.78 is 34.1. The van der Waals surface area contributed by atoms with Crippen LogP contribution < -0.4 is 10.1 Å². The van der Waals surface area contributed by atoms with Crippen molar-refractivity contribution in [3.8, 4) is 5.75 Å². The standard InChI is InChI=1S/C16H16F2N2O3S/c17-15(18)23-11-5-3-10(4-6-11)8-13-14(21)20(16(24)19-13)9-12-2-1-7-22-12/h3-6,8,12,15H,1-2,7,9H2,(H,19,24)/b13-8+. The van der Waals surface area contributed by atoms with Gasteiger partial charge >= 0.3 is 6.61 Å². The first-order valence-corrected chi connectivity index (χ1v) is 7.95. The highest BCUT2D eigenvalue weighted by Crippen LogP contribution is 2.20. The molecule has 0 saturated carbocycles. The van der Waals surface area contributed by atoms with Gasteiger partial charge in [0, 0.05) is 6.61 Å². The number of amides is 1. The average molecular weight is 354 g/mol. The third kappa shape index (κ3) is 3.88. The van der Waals surface area contributed by atoms with Crippen LogP contribution in [-0.2, 0) is 9.53 Å². The summed E-state index contributed by atoms with van der Waals surface area (Å²) >= 11 is 5.21. The molecule has 0 aromatic heterocycles. The zero-order chi connectivity index (χ0) is 17.1. The Labute approximate surface area is 143 Å². The maximum Gasteiger partial charge on any atom is 0.387 e. The third-order valence-electron chi connectivity index (χ3n) is 3.79. The number of hydrogen-bond acceptors (Lipinski definition) is 4. The summed E-state index contributed by atoms with van der Waals surface area (Å²) in [5.41, 5.74) is 1.02. The van der Waals surface area contributed by atoms with Gasteiger partial charge in [-0.1, -0.05) is 12.1 Å². The molecule has 2 heterocycles. The summed E-state index contributed by atoms with van der Waals surface area (Å²) in [7, 11) is 0. The number of halogens is 2. The fraction of sp³-hybridized carbons (Fsp3) is 0.375. The summed E-state index contributed by atoms with van der Waals surface area (Å²) in [6, 6.07) is 6.01. The van der Waals surface area contributed by atoms with Crippen LogP contribution in [0.5, 0.6) is 5.75 Å². The molecule has 1 aromatic rings. The van der Waals surface area contributed by atoms with Crippen molar-refractivity contribution in [1.82, 2.24) is 10.2 Å². The number of ether oxygens (including phenoxy) is 2. The van der Waals surface area contributed by atoms with Crippen molar-refractivity contribution in [2.45, 2.75) is 25.6 Å². The average Bonchev–Trinajstić information content (AvgIpc) is 3.13. The molecule has 0 bridgehead atoms. The van der Waals surface area contributed by atoms with Crippen LogP contribution in [0.25, 0.3) is 6.08 Å². The van der Waals surface area contributed by atoms with Crippen LogP contribution in [0.3, 0.4) is 0 Å². The van der Waals surface area contributed by atoms with Crippen molar-refractivity contribution in [2.75, 3.05) is 13.2 Å². The first-order valence-electron chi connectivity index (χ1n) is 7.54. The van der Waals surface area contributed by atoms with Gasteiger partial charge in [0.15, 0.2) is 5.11 Å². The predicted molar refractivity (Wildman–Crippen MR) is 87.5 cm³/mol. The molecule has 128 valence electrons. The molecule has 1 aromatic carbocycles. The first-order chi connectivity index (χ1) is 11.5. The lowest BCUT2D eigenvalue weighted by Crippen LogP contribution is -2.37. The van der Waals surface area contributed by atoms with Gasteiger partial charge in [0.25, 0.3) is 5.91 Å². The van der Waals surface area contributed by atoms with Crippen LogP contribution in [-0.4, -0.2) is 41.8 Å². The maximum absolute atomic E-state index is 12.4. The monoisotopic (exact) mass is 354 g/mol. The highest BCUT2D eigenvalue weighted by molar-refractivity contribution is 7.80. The molecule has 1 amide bonds. The van der Waals surface area contributed by atoms with E-state index in [4.69, 9.17) is 17.0 Å². The number of hydrogen-bond donors (Lipinski definition) is 1. The Hall–Kier alpha value is -2.06. The van der Waals surface area contributed by atoms with Crippen LogP contribution in [0.1, 0.15) is 18.4 Å². The predicted octanol–water partition coefficient (Wildman–Crippen LogP) is 2.52. The lowest BCUT2D eigenvalue weighted by atomic mass is 10.2. The second kappa shape index (κ2) is 7.23. The highest BCUT2D eigenvalue weighted by Gasteiger charge is 2.33. The topological polar surface area (TPSA) is 50.8 Å². The van der Waals surface area contributed by atoms with Crippen molar-refractivity contribution in [3.63, 3.8) is 0 Å². The molecule has 8 heteroatoms. The van der Waals surface area contributed by atoms with Crippen LogP contribution in [0.4, 0.5) is 8.78 Å². The van der Waals surface area contributed by atoms with Gasteiger partial charge in [0.1, 0.15) is 11.4 Å². The van der Waals surface area contributed by atoms with Gasteiger partial charge in [0.2, 0.25) is 0 Å². The minimum Gasteiger partial charge on any atom is -0.435 e. The van der Waals surface area contributed by atoms with Crippen LogP contribution >= 0.6 is 12.2 Å². The van der Waals surface area contributed by atoms with E-state index < -0.39 is 6.61 Å². The van der Waals surface area contributed by atoms with Gasteiger partial charge in [-0.3, -0.25) is 9.69 Å². The molecule has 3 rings (SSSR count). The second-order valence-electron chi connectivity index (χ2n) is 5.49. The number of nitrogens with zero attached hydrogens (tertiary/aromatic N) is 1. The summed E-state index contributed by atoms with van der Waals surface area (Å²) in [6.07, 6.45) is 3.54. The summed E-state index contributed by atoms with van der Waals surface area (Å²) in [6.45, 7) is -1.72. The minimum absolute atomic E-state index is 0.0128. The maximum atomic E-state index is 12.4. The SMILES string of the molecule is O=C1/C(=C\c2ccc(OC(F)F)cc2)NC(=S)N1CC1CCCO1. The molecule has 1 unspecified atom stereocenters. The van der Waals surface area contributed by atoms with Gasteiger partial charge in [-0.2, -0.15) is 8.78 Å². The molecule has 0 aliphatic carbocycles. The molecule has 1 N–H and O–H groups in total. The Balaban J connectivity index is 1.68. The zero-order valence-corrected chi connectivity index (χ0v) is 13.5. The quantitative estimate of drug-likeness (QED) is 0.650. The molecular weight excluding hydrogens is 338 g/mol. The molecule has 2 saturated heterocycles. The fourth-order valence-corrected chi connectivity index (χ4v) is 2.91. The number of benzene rings is 1. The van der Waals surface area contributed by atoms with Crippen molar-refractivity contribution in [2.24, 2.45) is 0 Å². The fourth-order valence-electron chi connectivity index (χ4n) is 2.64. The number of thiocarbonyl (C=S) groups is 1. The Morgan fingerprint density at radius 1 is 1.42 bits per heavy atom. The smallest absolute Gasteiger partial charge is 0.387 e. The molecular formula is C16H16F2N2O3S. The van der Waals surface area contributed by atoms with Crippen LogP contribution in [0, 0.1) is 0 Å². The van der Waals surface area contributed by atoms with Crippen LogP contribution in [0.15, 0.2) is 30.0 Å². The van der Waals surface area contributed by atoms with E-state index in [0.29, 0.717) is 29.5 Å². The Morgan fingerprint density at radius 3 is 2.79 bits per heavy atom. The Kier molecular flexibility index (Phi) is 5.06. The van der Waals surface area contributed by atoms with E-state index in [9.17, 15) is 13.6 Å². The number of alkyl halides is 2. The van der Waals surface area contributed by atoms with Gasteiger partial charge in [-0.05, 0) is 48.8 Å². The molecule has 2 aliphatic heterocycles. The zero-order valence-electron chi connectivity index (χ0n) is 12.7. The molecule has 2 fully saturated rings. The molecule has 1 atom stereocenters. The highest BCUT2D eigenvalue weighted by atomic mass is 32.1. The summed E-state index contributed by atoms with van der Waals surface area (Å²) in [5, 5.41) is 3.23. The van der Waals surface area contributed by atoms with Gasteiger partial charge < -0.3 is 14.8 Å². The first kappa shape index (κ1) is 16.8. The molecule has 0 spiro atoms. The Morgan fingerprint density at radius 2 is 2.17 bits per heavy atom. The number of carbonyl (C=O) groups excluding carboxylic acids is 1. The van der Waals surface area contributed by atoms with Gasteiger partial charge in [-0.15, -0.1) is 0 Å². The Bertz CT molecular complexity index is 658. The van der Waals surface area contributed by atoms with Crippen molar-refractivity contribution >= 4 is 29.3 Å². The van der Waals surface area contributed by atoms with E-state index in [1.54, 1.807) is 18.2 Å². The summed E-state index contributed by atoms with van der Waals surface area (Å²) in [4.78, 5) is 13.9. The lowest BCUT2D eigenvalue weighted by molar-refractivity contribution is -0.123. The van der Waals surface area contributed by atoms with E-state index in [2.05, 4.69) is 10.1 Å². The number of nitrogens with one attached hydrogen (secondary N) is 1. The minimum atomic E-state index is -2.86. The van der Waals surface area contributed by atoms with Gasteiger partial charge in [0.05, 0.1) is 12.6 Å². The summed E-state index contributed by atoms with van der Waals surface area (Å²) in [5.74, 6) is -0.156. The lowest BCUT2D eigenvalue weighted by Gasteiger charge is -2.18. The second-order valence-corrected chi connectivity index (χ2v) is 5.87. The van der Waals surface area contributed by atoms with E-state index in [0.717, 1.165) is 12.8 Å². The largest absolute Gasteiger partial charge is 0.435 e. The van der Waals surface area contributed by atoms with E-state index in [1.807, 2.05) is 0 Å². The van der Waals surface area contributed by atoms with E-state index in [1.165, 1.54) is 17.0 Å². The van der Waals surface area contributed by atoms with Gasteiger partial charge in [-0.25, -0.2) is 0 Å². The third-order valence-corrected chi connectivity index (χ3v) is 4.11. The van der Waals surface area contributed by atoms with Crippen LogP contribution in [0.2, 0.25) is 0 Å². The van der Waals surface area contributed by atoms with Crippen molar-refractivity contribution in [3.05, 3.63) is 35.5 Å². The molecule has 0 radical (unpaired) electrons. The normalized spacial score (nSPS) is 22.5. The van der Waals surface area contributed by atoms with Crippen molar-refractivity contribution in [1.29, 1.82) is 0 Å². The van der Waals surface area contributed by atoms with E-state index in [-0.39, 0.29) is 17.8 Å².